The van der Waals surface area contributed by atoms with Gasteiger partial charge in [0.1, 0.15) is 0 Å². The molecule has 0 heterocycles. The monoisotopic (exact) mass is 348 g/mol. The van der Waals surface area contributed by atoms with Crippen molar-refractivity contribution in [1.29, 1.82) is 0 Å². The van der Waals surface area contributed by atoms with Crippen LogP contribution in [0.25, 0.3) is 11.1 Å². The quantitative estimate of drug-likeness (QED) is 0.628. The van der Waals surface area contributed by atoms with Gasteiger partial charge >= 0.3 is 0 Å². The van der Waals surface area contributed by atoms with Crippen LogP contribution in [-0.2, 0) is 26.2 Å². The molecule has 0 N–H and O–H groups in total. The maximum absolute atomic E-state index is 2.23. The molecule has 0 atom stereocenters. The fourth-order valence-corrected chi connectivity index (χ4v) is 2.59. The Morgan fingerprint density at radius 3 is 2.10 bits per heavy atom. The summed E-state index contributed by atoms with van der Waals surface area (Å²) in [6.45, 7) is 0. The largest absolute Gasteiger partial charge is 0.748 e. The van der Waals surface area contributed by atoms with Crippen LogP contribution in [0.1, 0.15) is 24.0 Å². The van der Waals surface area contributed by atoms with Crippen molar-refractivity contribution in [3.8, 4) is 0 Å². The van der Waals surface area contributed by atoms with Gasteiger partial charge in [0.25, 0.3) is 0 Å². The topological polar surface area (TPSA) is 0 Å². The summed E-state index contributed by atoms with van der Waals surface area (Å²) in [5.74, 6) is 0. The molecule has 0 saturated heterocycles. The van der Waals surface area contributed by atoms with Gasteiger partial charge in [0.05, 0.1) is 0 Å². The zero-order chi connectivity index (χ0) is 13.6. The fraction of sp³-hybridized carbons (Fsp3) is 0.100. The van der Waals surface area contributed by atoms with Crippen molar-refractivity contribution in [3.63, 3.8) is 0 Å². The van der Waals surface area contributed by atoms with Gasteiger partial charge < -0.3 is 30.3 Å². The summed E-state index contributed by atoms with van der Waals surface area (Å²) < 4.78 is 0. The van der Waals surface area contributed by atoms with E-state index in [9.17, 15) is 0 Å². The van der Waals surface area contributed by atoms with E-state index in [1.54, 1.807) is 0 Å². The van der Waals surface area contributed by atoms with Crippen LogP contribution in [0, 0.1) is 0 Å². The Bertz CT molecular complexity index is 599. The molecule has 4 rings (SSSR count). The minimum atomic E-state index is 0. The van der Waals surface area contributed by atoms with Crippen molar-refractivity contribution in [2.75, 3.05) is 0 Å². The van der Waals surface area contributed by atoms with Crippen molar-refractivity contribution in [3.05, 3.63) is 96.1 Å². The average molecular weight is 350 g/mol. The van der Waals surface area contributed by atoms with Gasteiger partial charge in [0.2, 0.25) is 0 Å². The SMILES string of the molecule is C1=CCC(c2ccc[c-]2C2=CC=CC2)=C1.[Zr].[cH-]1[cH-][cH-][cH-][cH-]1. The van der Waals surface area contributed by atoms with Crippen molar-refractivity contribution in [2.45, 2.75) is 12.8 Å². The molecule has 0 saturated carbocycles. The normalized spacial score (nSPS) is 15.0. The fourth-order valence-electron chi connectivity index (χ4n) is 2.59. The predicted octanol–water partition coefficient (Wildman–Crippen LogP) is 5.50. The van der Waals surface area contributed by atoms with Crippen molar-refractivity contribution < 1.29 is 26.2 Å². The van der Waals surface area contributed by atoms with Crippen LogP contribution in [0.5, 0.6) is 0 Å². The van der Waals surface area contributed by atoms with E-state index < -0.39 is 0 Å². The Morgan fingerprint density at radius 2 is 1.52 bits per heavy atom. The summed E-state index contributed by atoms with van der Waals surface area (Å²) in [4.78, 5) is 0. The zero-order valence-corrected chi connectivity index (χ0v) is 14.5. The first-order chi connectivity index (χ1) is 9.95. The van der Waals surface area contributed by atoms with E-state index in [0.29, 0.717) is 0 Å². The smallest absolute Gasteiger partial charge is 0 e. The molecule has 2 aliphatic rings. The first-order valence-electron chi connectivity index (χ1n) is 7.09. The molecule has 0 aliphatic heterocycles. The molecule has 0 bridgehead atoms. The molecule has 0 unspecified atom stereocenters. The van der Waals surface area contributed by atoms with E-state index >= 15 is 0 Å². The Balaban J connectivity index is 0.000000231. The maximum Gasteiger partial charge on any atom is 0 e. The zero-order valence-electron chi connectivity index (χ0n) is 12.0. The van der Waals surface area contributed by atoms with Gasteiger partial charge in [-0.15, -0.1) is 28.9 Å². The molecule has 0 nitrogen and oxygen atoms in total. The molecule has 0 radical (unpaired) electrons. The van der Waals surface area contributed by atoms with Crippen molar-refractivity contribution in [2.24, 2.45) is 0 Å². The van der Waals surface area contributed by atoms with E-state index in [-0.39, 0.29) is 26.2 Å². The first kappa shape index (κ1) is 15.9. The van der Waals surface area contributed by atoms with Gasteiger partial charge in [-0.05, 0) is 12.8 Å². The molecular formula is C20H18Zr-6. The van der Waals surface area contributed by atoms with Crippen LogP contribution >= 0.6 is 0 Å². The molecule has 2 aromatic carbocycles. The molecule has 0 fully saturated rings. The van der Waals surface area contributed by atoms with Gasteiger partial charge in [0, 0.05) is 26.2 Å². The molecule has 0 spiro atoms. The summed E-state index contributed by atoms with van der Waals surface area (Å²) in [6.07, 6.45) is 15.3. The number of hydrogen-bond donors (Lipinski definition) is 0. The van der Waals surface area contributed by atoms with Gasteiger partial charge in [0.15, 0.2) is 0 Å². The van der Waals surface area contributed by atoms with E-state index in [0.717, 1.165) is 12.8 Å². The Morgan fingerprint density at radius 1 is 0.857 bits per heavy atom. The third kappa shape index (κ3) is 4.02. The molecule has 0 amide bonds. The molecule has 108 valence electrons. The molecule has 2 aromatic rings. The molecule has 1 heteroatoms. The van der Waals surface area contributed by atoms with Crippen LogP contribution in [-0.4, -0.2) is 0 Å². The summed E-state index contributed by atoms with van der Waals surface area (Å²) in [5, 5.41) is 0. The molecule has 0 aromatic heterocycles. The van der Waals surface area contributed by atoms with Crippen LogP contribution in [0.3, 0.4) is 0 Å². The minimum Gasteiger partial charge on any atom is -0.748 e. The first-order valence-corrected chi connectivity index (χ1v) is 7.09. The predicted molar refractivity (Wildman–Crippen MR) is 87.5 cm³/mol. The maximum atomic E-state index is 2.23. The minimum absolute atomic E-state index is 0. The third-order valence-corrected chi connectivity index (χ3v) is 3.61. The second-order valence-electron chi connectivity index (χ2n) is 4.96. The van der Waals surface area contributed by atoms with Crippen molar-refractivity contribution in [1.82, 2.24) is 0 Å². The second-order valence-corrected chi connectivity index (χ2v) is 4.96. The van der Waals surface area contributed by atoms with Gasteiger partial charge in [-0.25, -0.2) is 0 Å². The van der Waals surface area contributed by atoms with E-state index in [1.165, 1.54) is 22.3 Å². The summed E-state index contributed by atoms with van der Waals surface area (Å²) in [6, 6.07) is 16.6. The standard InChI is InChI=1S/C15H13.C5H5.Zr/c1-2-7-12(6-1)14-10-5-11-15(14)13-8-3-4-9-13;1-2-4-5-3-1;/h1-6,8,10-11H,7,9H2;1-5H;/q-1;-5;. The van der Waals surface area contributed by atoms with Gasteiger partial charge in [-0.3, -0.25) is 0 Å². The van der Waals surface area contributed by atoms with Gasteiger partial charge in [-0.2, -0.15) is 12.1 Å². The average Bonchev–Trinajstić information content (AvgIpc) is 3.28. The van der Waals surface area contributed by atoms with Crippen LogP contribution in [0.2, 0.25) is 0 Å². The van der Waals surface area contributed by atoms with Crippen LogP contribution < -0.4 is 0 Å². The molecular weight excluding hydrogens is 331 g/mol. The Hall–Kier alpha value is -1.46. The summed E-state index contributed by atoms with van der Waals surface area (Å²) in [5.41, 5.74) is 5.72. The number of allylic oxidation sites excluding steroid dienone is 8. The third-order valence-electron chi connectivity index (χ3n) is 3.61. The van der Waals surface area contributed by atoms with Gasteiger partial charge in [-0.1, -0.05) is 35.9 Å². The Labute approximate surface area is 146 Å². The summed E-state index contributed by atoms with van der Waals surface area (Å²) in [7, 11) is 0. The Kier molecular flexibility index (Phi) is 6.14. The number of rotatable bonds is 2. The molecule has 21 heavy (non-hydrogen) atoms. The van der Waals surface area contributed by atoms with Crippen LogP contribution in [0.15, 0.2) is 85.0 Å². The van der Waals surface area contributed by atoms with Crippen molar-refractivity contribution >= 4 is 11.1 Å². The molecule has 2 aliphatic carbocycles. The van der Waals surface area contributed by atoms with E-state index in [1.807, 2.05) is 30.3 Å². The number of hydrogen-bond acceptors (Lipinski definition) is 0. The second kappa shape index (κ2) is 8.10. The van der Waals surface area contributed by atoms with Crippen LogP contribution in [0.4, 0.5) is 0 Å². The summed E-state index contributed by atoms with van der Waals surface area (Å²) >= 11 is 0. The van der Waals surface area contributed by atoms with E-state index in [2.05, 4.69) is 54.7 Å². The van der Waals surface area contributed by atoms with E-state index in [4.69, 9.17) is 0 Å².